The molecule has 1 aromatic heterocycles. The summed E-state index contributed by atoms with van der Waals surface area (Å²) in [6.07, 6.45) is 2.12. The van der Waals surface area contributed by atoms with E-state index in [2.05, 4.69) is 55.1 Å². The van der Waals surface area contributed by atoms with Crippen LogP contribution in [0.2, 0.25) is 0 Å². The van der Waals surface area contributed by atoms with Crippen LogP contribution in [-0.4, -0.2) is 15.0 Å². The zero-order valence-electron chi connectivity index (χ0n) is 13.4. The van der Waals surface area contributed by atoms with Crippen LogP contribution in [0.5, 0.6) is 0 Å². The van der Waals surface area contributed by atoms with Crippen molar-refractivity contribution >= 4 is 45.4 Å². The molecule has 4 aromatic rings. The second-order valence-electron chi connectivity index (χ2n) is 6.36. The molecule has 3 heteroatoms. The summed E-state index contributed by atoms with van der Waals surface area (Å²) in [7, 11) is 2.10. The Morgan fingerprint density at radius 2 is 1.83 bits per heavy atom. The zero-order valence-corrected chi connectivity index (χ0v) is 15.1. The van der Waals surface area contributed by atoms with Gasteiger partial charge < -0.3 is 0 Å². The molecule has 5 rings (SSSR count). The Morgan fingerprint density at radius 3 is 2.71 bits per heavy atom. The molecule has 0 unspecified atom stereocenters. The van der Waals surface area contributed by atoms with Gasteiger partial charge in [-0.25, -0.2) is 0 Å². The van der Waals surface area contributed by atoms with Crippen LogP contribution in [0.1, 0.15) is 5.56 Å². The Bertz CT molecular complexity index is 1160. The number of rotatable bonds is 0. The van der Waals surface area contributed by atoms with Crippen LogP contribution in [0.15, 0.2) is 54.7 Å². The van der Waals surface area contributed by atoms with Crippen molar-refractivity contribution in [3.63, 3.8) is 0 Å². The van der Waals surface area contributed by atoms with E-state index >= 15 is 0 Å². The Kier molecular flexibility index (Phi) is 2.88. The van der Waals surface area contributed by atoms with Gasteiger partial charge in [-0.15, -0.1) is 0 Å². The van der Waals surface area contributed by atoms with Crippen molar-refractivity contribution in [3.8, 4) is 11.3 Å². The van der Waals surface area contributed by atoms with Gasteiger partial charge in [0.15, 0.2) is 0 Å². The van der Waals surface area contributed by atoms with E-state index in [0.29, 0.717) is 0 Å². The molecule has 0 bridgehead atoms. The van der Waals surface area contributed by atoms with E-state index in [1.807, 2.05) is 6.07 Å². The van der Waals surface area contributed by atoms with Crippen LogP contribution in [-0.2, 0) is 7.05 Å². The molecule has 0 saturated carbocycles. The summed E-state index contributed by atoms with van der Waals surface area (Å²) in [5.41, 5.74) is 3.83. The van der Waals surface area contributed by atoms with Crippen molar-refractivity contribution in [2.24, 2.45) is 7.05 Å². The molecule has 3 aromatic carbocycles. The van der Waals surface area contributed by atoms with Crippen molar-refractivity contribution in [1.82, 2.24) is 0 Å². The molecule has 0 atom stereocenters. The van der Waals surface area contributed by atoms with Crippen LogP contribution in [0.3, 0.4) is 0 Å². The SMILES string of the molecule is Cc1ccc2cccc3c2c1-c1c(c2cc(F)ccc2c[n+]1C)[Se]3. The topological polar surface area (TPSA) is 3.88 Å². The van der Waals surface area contributed by atoms with E-state index in [0.717, 1.165) is 10.8 Å². The van der Waals surface area contributed by atoms with Gasteiger partial charge in [0.05, 0.1) is 0 Å². The number of hydrogen-bond acceptors (Lipinski definition) is 0. The molecule has 1 aliphatic rings. The molecule has 0 N–H and O–H groups in total. The third kappa shape index (κ3) is 1.83. The monoisotopic (exact) mass is 380 g/mol. The maximum absolute atomic E-state index is 13.9. The van der Waals surface area contributed by atoms with Crippen molar-refractivity contribution in [2.45, 2.75) is 6.92 Å². The van der Waals surface area contributed by atoms with Gasteiger partial charge in [0.25, 0.3) is 0 Å². The average molecular weight is 379 g/mol. The number of fused-ring (bicyclic) bond motifs is 4. The number of pyridine rings is 1. The van der Waals surface area contributed by atoms with Gasteiger partial charge in [0.1, 0.15) is 0 Å². The fourth-order valence-electron chi connectivity index (χ4n) is 3.74. The summed E-state index contributed by atoms with van der Waals surface area (Å²) >= 11 is 0.167. The molecule has 1 aliphatic heterocycles. The number of nitrogens with zero attached hydrogens (tertiary/aromatic N) is 1. The van der Waals surface area contributed by atoms with Gasteiger partial charge in [0.2, 0.25) is 0 Å². The molecule has 0 aliphatic carbocycles. The first-order valence-electron chi connectivity index (χ1n) is 7.96. The van der Waals surface area contributed by atoms with E-state index in [1.54, 1.807) is 12.1 Å². The Hall–Kier alpha value is -2.22. The summed E-state index contributed by atoms with van der Waals surface area (Å²) in [6, 6.07) is 16.1. The third-order valence-corrected chi connectivity index (χ3v) is 7.30. The van der Waals surface area contributed by atoms with Gasteiger partial charge in [-0.3, -0.25) is 0 Å². The molecular formula is C21H15FNSe+. The first-order valence-corrected chi connectivity index (χ1v) is 9.67. The molecule has 0 amide bonds. The number of halogens is 1. The fraction of sp³-hybridized carbons (Fsp3) is 0.0952. The van der Waals surface area contributed by atoms with Gasteiger partial charge in [-0.05, 0) is 0 Å². The molecule has 0 radical (unpaired) electrons. The van der Waals surface area contributed by atoms with Gasteiger partial charge in [0, 0.05) is 0 Å². The summed E-state index contributed by atoms with van der Waals surface area (Å²) in [5, 5.41) is 4.81. The second-order valence-corrected chi connectivity index (χ2v) is 8.57. The minimum absolute atomic E-state index is 0.164. The summed E-state index contributed by atoms with van der Waals surface area (Å²) < 4.78 is 18.8. The summed E-state index contributed by atoms with van der Waals surface area (Å²) in [5.74, 6) is -0.164. The van der Waals surface area contributed by atoms with Gasteiger partial charge in [-0.1, -0.05) is 0 Å². The molecule has 0 fully saturated rings. The third-order valence-electron chi connectivity index (χ3n) is 4.82. The van der Waals surface area contributed by atoms with E-state index in [1.165, 1.54) is 36.5 Å². The van der Waals surface area contributed by atoms with Crippen molar-refractivity contribution < 1.29 is 8.96 Å². The standard InChI is InChI=1S/C21H15FNSe/c1-12-6-7-13-4-3-5-17-19(13)18(12)20-21(24-17)16-10-15(22)9-8-14(16)11-23(20)2/h3-11H,1-2H3/q+1. The molecule has 116 valence electrons. The Labute approximate surface area is 145 Å². The molecule has 1 nitrogen and oxygen atoms in total. The van der Waals surface area contributed by atoms with Crippen molar-refractivity contribution in [3.05, 3.63) is 66.1 Å². The first-order chi connectivity index (χ1) is 11.6. The number of hydrogen-bond donors (Lipinski definition) is 0. The van der Waals surface area contributed by atoms with Crippen LogP contribution < -0.4 is 13.5 Å². The number of aromatic nitrogens is 1. The van der Waals surface area contributed by atoms with Gasteiger partial charge >= 0.3 is 146 Å². The van der Waals surface area contributed by atoms with Crippen LogP contribution in [0.4, 0.5) is 4.39 Å². The van der Waals surface area contributed by atoms with E-state index in [4.69, 9.17) is 0 Å². The summed E-state index contributed by atoms with van der Waals surface area (Å²) in [6.45, 7) is 2.17. The Morgan fingerprint density at radius 1 is 1.00 bits per heavy atom. The molecule has 2 heterocycles. The first kappa shape index (κ1) is 14.2. The van der Waals surface area contributed by atoms with Crippen molar-refractivity contribution in [2.75, 3.05) is 0 Å². The maximum atomic E-state index is 13.9. The molecular weight excluding hydrogens is 364 g/mol. The van der Waals surface area contributed by atoms with Crippen LogP contribution in [0, 0.1) is 12.7 Å². The van der Waals surface area contributed by atoms with Crippen LogP contribution >= 0.6 is 0 Å². The van der Waals surface area contributed by atoms with E-state index < -0.39 is 0 Å². The molecule has 24 heavy (non-hydrogen) atoms. The van der Waals surface area contributed by atoms with Gasteiger partial charge in [-0.2, -0.15) is 0 Å². The second kappa shape index (κ2) is 4.89. The van der Waals surface area contributed by atoms with E-state index in [9.17, 15) is 4.39 Å². The summed E-state index contributed by atoms with van der Waals surface area (Å²) in [4.78, 5) is 0. The molecule has 0 spiro atoms. The zero-order chi connectivity index (χ0) is 16.4. The average Bonchev–Trinajstić information content (AvgIpc) is 2.58. The fourth-order valence-corrected chi connectivity index (χ4v) is 6.51. The predicted octanol–water partition coefficient (Wildman–Crippen LogP) is 2.90. The minimum atomic E-state index is -0.164. The Balaban J connectivity index is 2.03. The quantitative estimate of drug-likeness (QED) is 0.288. The van der Waals surface area contributed by atoms with Crippen molar-refractivity contribution in [1.29, 1.82) is 0 Å². The van der Waals surface area contributed by atoms with Crippen LogP contribution in [0.25, 0.3) is 32.8 Å². The normalized spacial score (nSPS) is 12.6. The molecule has 0 saturated heterocycles. The van der Waals surface area contributed by atoms with E-state index in [-0.39, 0.29) is 20.8 Å². The number of aryl methyl sites for hydroxylation is 2. The predicted molar refractivity (Wildman–Crippen MR) is 97.8 cm³/mol. The number of benzene rings is 3.